The third-order valence-corrected chi connectivity index (χ3v) is 4.23. The lowest BCUT2D eigenvalue weighted by Gasteiger charge is -2.31. The normalized spacial score (nSPS) is 16.6. The molecule has 0 radical (unpaired) electrons. The van der Waals surface area contributed by atoms with Crippen molar-refractivity contribution in [2.45, 2.75) is 12.8 Å². The van der Waals surface area contributed by atoms with Crippen LogP contribution in [0.4, 0.5) is 0 Å². The van der Waals surface area contributed by atoms with E-state index in [1.807, 2.05) is 41.3 Å². The lowest BCUT2D eigenvalue weighted by atomic mass is 9.96. The lowest BCUT2D eigenvalue weighted by molar-refractivity contribution is 0.0693. The second-order valence-corrected chi connectivity index (χ2v) is 5.53. The molecule has 1 amide bonds. The first kappa shape index (κ1) is 13.1. The van der Waals surface area contributed by atoms with E-state index >= 15 is 0 Å². The number of hydrogen-bond acceptors (Lipinski definition) is 2. The van der Waals surface area contributed by atoms with Gasteiger partial charge in [0.25, 0.3) is 5.91 Å². The van der Waals surface area contributed by atoms with Crippen molar-refractivity contribution in [3.63, 3.8) is 0 Å². The number of rotatable bonds is 2. The Bertz CT molecular complexity index is 615. The summed E-state index contributed by atoms with van der Waals surface area (Å²) in [5, 5.41) is 2.29. The van der Waals surface area contributed by atoms with Gasteiger partial charge in [0, 0.05) is 18.7 Å². The summed E-state index contributed by atoms with van der Waals surface area (Å²) in [5.74, 6) is 0.724. The topological polar surface area (TPSA) is 46.3 Å². The maximum atomic E-state index is 12.5. The number of carbonyl (C=O) groups excluding carboxylic acids is 1. The number of nitrogens with two attached hydrogens (primary N) is 1. The predicted molar refractivity (Wildman–Crippen MR) is 81.6 cm³/mol. The van der Waals surface area contributed by atoms with Crippen molar-refractivity contribution in [2.24, 2.45) is 11.7 Å². The standard InChI is InChI=1S/C17H20N2O/c18-12-13-7-9-19(10-8-13)17(20)16-6-5-14-3-1-2-4-15(14)11-16/h1-6,11,13H,7-10,12,18H2. The van der Waals surface area contributed by atoms with Crippen molar-refractivity contribution >= 4 is 16.7 Å². The zero-order valence-electron chi connectivity index (χ0n) is 11.6. The minimum absolute atomic E-state index is 0.145. The molecular formula is C17H20N2O. The van der Waals surface area contributed by atoms with Gasteiger partial charge in [-0.2, -0.15) is 0 Å². The number of carbonyl (C=O) groups is 1. The summed E-state index contributed by atoms with van der Waals surface area (Å²) in [5.41, 5.74) is 6.48. The van der Waals surface area contributed by atoms with Gasteiger partial charge in [-0.3, -0.25) is 4.79 Å². The summed E-state index contributed by atoms with van der Waals surface area (Å²) in [7, 11) is 0. The Kier molecular flexibility index (Phi) is 3.70. The fourth-order valence-corrected chi connectivity index (χ4v) is 2.88. The molecule has 1 aliphatic rings. The van der Waals surface area contributed by atoms with Gasteiger partial charge in [0.15, 0.2) is 0 Å². The highest BCUT2D eigenvalue weighted by Crippen LogP contribution is 2.20. The Balaban J connectivity index is 1.79. The molecule has 0 unspecified atom stereocenters. The second-order valence-electron chi connectivity index (χ2n) is 5.53. The van der Waals surface area contributed by atoms with Crippen molar-refractivity contribution < 1.29 is 4.79 Å². The molecule has 1 saturated heterocycles. The molecule has 1 fully saturated rings. The van der Waals surface area contributed by atoms with Crippen LogP contribution >= 0.6 is 0 Å². The lowest BCUT2D eigenvalue weighted by Crippen LogP contribution is -2.40. The maximum absolute atomic E-state index is 12.5. The van der Waals surface area contributed by atoms with Gasteiger partial charge < -0.3 is 10.6 Å². The van der Waals surface area contributed by atoms with Crippen LogP contribution in [0.15, 0.2) is 42.5 Å². The number of amides is 1. The van der Waals surface area contributed by atoms with E-state index in [4.69, 9.17) is 5.73 Å². The SMILES string of the molecule is NCC1CCN(C(=O)c2ccc3ccccc3c2)CC1. The Morgan fingerprint density at radius 2 is 1.80 bits per heavy atom. The zero-order chi connectivity index (χ0) is 13.9. The van der Waals surface area contributed by atoms with Gasteiger partial charge >= 0.3 is 0 Å². The monoisotopic (exact) mass is 268 g/mol. The Morgan fingerprint density at radius 1 is 1.10 bits per heavy atom. The number of piperidine rings is 1. The van der Waals surface area contributed by atoms with E-state index in [1.54, 1.807) is 0 Å². The minimum Gasteiger partial charge on any atom is -0.339 e. The molecule has 0 aliphatic carbocycles. The van der Waals surface area contributed by atoms with Crippen molar-refractivity contribution in [2.75, 3.05) is 19.6 Å². The molecule has 2 aromatic rings. The highest BCUT2D eigenvalue weighted by Gasteiger charge is 2.22. The van der Waals surface area contributed by atoms with Crippen LogP contribution in [0.1, 0.15) is 23.2 Å². The average Bonchev–Trinajstić information content (AvgIpc) is 2.54. The molecule has 104 valence electrons. The van der Waals surface area contributed by atoms with E-state index < -0.39 is 0 Å². The molecule has 1 aliphatic heterocycles. The summed E-state index contributed by atoms with van der Waals surface area (Å²) in [6.07, 6.45) is 2.05. The zero-order valence-corrected chi connectivity index (χ0v) is 11.6. The van der Waals surface area contributed by atoms with Crippen LogP contribution in [-0.2, 0) is 0 Å². The van der Waals surface area contributed by atoms with Crippen LogP contribution in [0.2, 0.25) is 0 Å². The van der Waals surface area contributed by atoms with Gasteiger partial charge in [0.05, 0.1) is 0 Å². The Hall–Kier alpha value is -1.87. The first-order chi connectivity index (χ1) is 9.78. The maximum Gasteiger partial charge on any atom is 0.253 e. The molecule has 0 spiro atoms. The van der Waals surface area contributed by atoms with Crippen molar-refractivity contribution in [3.8, 4) is 0 Å². The Labute approximate surface area is 119 Å². The average molecular weight is 268 g/mol. The molecular weight excluding hydrogens is 248 g/mol. The number of fused-ring (bicyclic) bond motifs is 1. The van der Waals surface area contributed by atoms with Crippen LogP contribution in [-0.4, -0.2) is 30.4 Å². The third kappa shape index (κ3) is 2.54. The third-order valence-electron chi connectivity index (χ3n) is 4.23. The van der Waals surface area contributed by atoms with Gasteiger partial charge in [0.1, 0.15) is 0 Å². The summed E-state index contributed by atoms with van der Waals surface area (Å²) in [6.45, 7) is 2.39. The molecule has 3 heteroatoms. The van der Waals surface area contributed by atoms with E-state index in [9.17, 15) is 4.79 Å². The molecule has 20 heavy (non-hydrogen) atoms. The Morgan fingerprint density at radius 3 is 2.50 bits per heavy atom. The van der Waals surface area contributed by atoms with Gasteiger partial charge in [-0.05, 0) is 48.2 Å². The van der Waals surface area contributed by atoms with Crippen molar-refractivity contribution in [1.82, 2.24) is 4.90 Å². The van der Waals surface area contributed by atoms with E-state index in [2.05, 4.69) is 6.07 Å². The van der Waals surface area contributed by atoms with Crippen molar-refractivity contribution in [3.05, 3.63) is 48.0 Å². The molecule has 3 rings (SSSR count). The van der Waals surface area contributed by atoms with Crippen LogP contribution < -0.4 is 5.73 Å². The van der Waals surface area contributed by atoms with Crippen LogP contribution in [0.5, 0.6) is 0 Å². The minimum atomic E-state index is 0.145. The number of benzene rings is 2. The smallest absolute Gasteiger partial charge is 0.253 e. The van der Waals surface area contributed by atoms with E-state index in [0.717, 1.165) is 43.4 Å². The molecule has 3 nitrogen and oxygen atoms in total. The van der Waals surface area contributed by atoms with E-state index in [-0.39, 0.29) is 5.91 Å². The van der Waals surface area contributed by atoms with Crippen LogP contribution in [0, 0.1) is 5.92 Å². The van der Waals surface area contributed by atoms with E-state index in [0.29, 0.717) is 5.92 Å². The molecule has 1 heterocycles. The highest BCUT2D eigenvalue weighted by atomic mass is 16.2. The molecule has 0 saturated carbocycles. The van der Waals surface area contributed by atoms with Gasteiger partial charge in [-0.1, -0.05) is 30.3 Å². The largest absolute Gasteiger partial charge is 0.339 e. The summed E-state index contributed by atoms with van der Waals surface area (Å²) >= 11 is 0. The first-order valence-electron chi connectivity index (χ1n) is 7.26. The number of nitrogens with zero attached hydrogens (tertiary/aromatic N) is 1. The van der Waals surface area contributed by atoms with Crippen LogP contribution in [0.25, 0.3) is 10.8 Å². The molecule has 0 bridgehead atoms. The summed E-state index contributed by atoms with van der Waals surface area (Å²) in [4.78, 5) is 14.5. The van der Waals surface area contributed by atoms with Gasteiger partial charge in [-0.25, -0.2) is 0 Å². The predicted octanol–water partition coefficient (Wildman–Crippen LogP) is 2.65. The highest BCUT2D eigenvalue weighted by molar-refractivity contribution is 5.98. The second kappa shape index (κ2) is 5.63. The quantitative estimate of drug-likeness (QED) is 0.910. The number of hydrogen-bond donors (Lipinski definition) is 1. The van der Waals surface area contributed by atoms with Gasteiger partial charge in [0.2, 0.25) is 0 Å². The van der Waals surface area contributed by atoms with Crippen molar-refractivity contribution in [1.29, 1.82) is 0 Å². The van der Waals surface area contributed by atoms with Gasteiger partial charge in [-0.15, -0.1) is 0 Å². The van der Waals surface area contributed by atoms with E-state index in [1.165, 1.54) is 5.39 Å². The van der Waals surface area contributed by atoms with Crippen LogP contribution in [0.3, 0.4) is 0 Å². The molecule has 2 N–H and O–H groups in total. The fraction of sp³-hybridized carbons (Fsp3) is 0.353. The summed E-state index contributed by atoms with van der Waals surface area (Å²) in [6, 6.07) is 14.1. The number of likely N-dealkylation sites (tertiary alicyclic amines) is 1. The molecule has 0 aromatic heterocycles. The molecule has 2 aromatic carbocycles. The first-order valence-corrected chi connectivity index (χ1v) is 7.26. The fourth-order valence-electron chi connectivity index (χ4n) is 2.88. The molecule has 0 atom stereocenters. The summed E-state index contributed by atoms with van der Waals surface area (Å²) < 4.78 is 0.